The number of aromatic nitrogens is 2. The van der Waals surface area contributed by atoms with Gasteiger partial charge in [0.2, 0.25) is 0 Å². The summed E-state index contributed by atoms with van der Waals surface area (Å²) in [6.07, 6.45) is 6.55. The smallest absolute Gasteiger partial charge is 0.189 e. The van der Waals surface area contributed by atoms with Gasteiger partial charge >= 0.3 is 0 Å². The topological polar surface area (TPSA) is 68.2 Å². The highest BCUT2D eigenvalue weighted by Gasteiger charge is 2.06. The SMILES string of the molecule is CCc1nn(C)cc1CN=C(N)NC(C)CCCC(C)C.I. The van der Waals surface area contributed by atoms with E-state index in [9.17, 15) is 0 Å². The first-order valence-corrected chi connectivity index (χ1v) is 8.00. The second-order valence-electron chi connectivity index (χ2n) is 6.20. The molecule has 0 amide bonds. The van der Waals surface area contributed by atoms with Gasteiger partial charge in [-0.25, -0.2) is 4.99 Å². The van der Waals surface area contributed by atoms with E-state index in [1.165, 1.54) is 12.8 Å². The molecule has 22 heavy (non-hydrogen) atoms. The lowest BCUT2D eigenvalue weighted by Gasteiger charge is -2.15. The minimum absolute atomic E-state index is 0. The first-order chi connectivity index (χ1) is 9.92. The second kappa shape index (κ2) is 10.9. The number of rotatable bonds is 8. The van der Waals surface area contributed by atoms with Crippen LogP contribution in [-0.4, -0.2) is 21.8 Å². The monoisotopic (exact) mass is 421 g/mol. The summed E-state index contributed by atoms with van der Waals surface area (Å²) in [5.74, 6) is 1.29. The van der Waals surface area contributed by atoms with Crippen LogP contribution in [0.25, 0.3) is 0 Å². The van der Waals surface area contributed by atoms with E-state index in [2.05, 4.69) is 43.1 Å². The van der Waals surface area contributed by atoms with Gasteiger partial charge in [-0.15, -0.1) is 24.0 Å². The van der Waals surface area contributed by atoms with Crippen molar-refractivity contribution < 1.29 is 0 Å². The van der Waals surface area contributed by atoms with E-state index >= 15 is 0 Å². The normalized spacial score (nSPS) is 13.1. The Labute approximate surface area is 152 Å². The van der Waals surface area contributed by atoms with Crippen LogP contribution in [0.3, 0.4) is 0 Å². The number of hydrogen-bond donors (Lipinski definition) is 2. The summed E-state index contributed by atoms with van der Waals surface area (Å²) in [4.78, 5) is 4.43. The summed E-state index contributed by atoms with van der Waals surface area (Å²) in [7, 11) is 1.94. The van der Waals surface area contributed by atoms with Gasteiger partial charge in [-0.05, 0) is 25.7 Å². The number of aryl methyl sites for hydroxylation is 2. The minimum Gasteiger partial charge on any atom is -0.370 e. The third-order valence-corrected chi connectivity index (χ3v) is 3.56. The standard InChI is InChI=1S/C16H31N5.HI/c1-6-15-14(11-21(5)20-15)10-18-16(17)19-13(4)9-7-8-12(2)3;/h11-13H,6-10H2,1-5H3,(H3,17,18,19);1H. The molecule has 1 rings (SSSR count). The lowest BCUT2D eigenvalue weighted by molar-refractivity contribution is 0.493. The average molecular weight is 421 g/mol. The van der Waals surface area contributed by atoms with Crippen LogP contribution in [-0.2, 0) is 20.0 Å². The van der Waals surface area contributed by atoms with E-state index in [-0.39, 0.29) is 24.0 Å². The summed E-state index contributed by atoms with van der Waals surface area (Å²) >= 11 is 0. The van der Waals surface area contributed by atoms with Crippen LogP contribution >= 0.6 is 24.0 Å². The highest BCUT2D eigenvalue weighted by atomic mass is 127. The van der Waals surface area contributed by atoms with Crippen molar-refractivity contribution >= 4 is 29.9 Å². The molecule has 1 aromatic rings. The summed E-state index contributed by atoms with van der Waals surface area (Å²) in [5.41, 5.74) is 8.21. The molecule has 0 bridgehead atoms. The van der Waals surface area contributed by atoms with Crippen molar-refractivity contribution in [3.05, 3.63) is 17.5 Å². The molecule has 128 valence electrons. The molecule has 5 nitrogen and oxygen atoms in total. The van der Waals surface area contributed by atoms with Gasteiger partial charge in [0, 0.05) is 24.8 Å². The first kappa shape index (κ1) is 21.2. The van der Waals surface area contributed by atoms with E-state index in [1.807, 2.05) is 17.9 Å². The van der Waals surface area contributed by atoms with Crippen LogP contribution < -0.4 is 11.1 Å². The summed E-state index contributed by atoms with van der Waals surface area (Å²) in [6.45, 7) is 9.37. The highest BCUT2D eigenvalue weighted by molar-refractivity contribution is 14.0. The Bertz CT molecular complexity index is 453. The summed E-state index contributed by atoms with van der Waals surface area (Å²) in [5, 5.41) is 7.68. The fourth-order valence-electron chi connectivity index (χ4n) is 2.39. The average Bonchev–Trinajstić information content (AvgIpc) is 2.76. The number of nitrogens with zero attached hydrogens (tertiary/aromatic N) is 3. The van der Waals surface area contributed by atoms with E-state index < -0.39 is 0 Å². The molecule has 0 saturated heterocycles. The van der Waals surface area contributed by atoms with Crippen molar-refractivity contribution in [3.63, 3.8) is 0 Å². The molecule has 0 aliphatic rings. The Balaban J connectivity index is 0.00000441. The van der Waals surface area contributed by atoms with Crippen LogP contribution in [0.5, 0.6) is 0 Å². The van der Waals surface area contributed by atoms with Crippen molar-refractivity contribution in [2.24, 2.45) is 23.7 Å². The van der Waals surface area contributed by atoms with Gasteiger partial charge in [-0.1, -0.05) is 33.6 Å². The second-order valence-corrected chi connectivity index (χ2v) is 6.20. The third-order valence-electron chi connectivity index (χ3n) is 3.56. The largest absolute Gasteiger partial charge is 0.370 e. The minimum atomic E-state index is 0. The van der Waals surface area contributed by atoms with Crippen LogP contribution in [0, 0.1) is 5.92 Å². The van der Waals surface area contributed by atoms with Crippen molar-refractivity contribution in [3.8, 4) is 0 Å². The van der Waals surface area contributed by atoms with E-state index in [0.717, 1.165) is 30.0 Å². The predicted octanol–water partition coefficient (Wildman–Crippen LogP) is 3.22. The van der Waals surface area contributed by atoms with Gasteiger partial charge in [-0.2, -0.15) is 5.10 Å². The number of guanidine groups is 1. The molecule has 3 N–H and O–H groups in total. The molecule has 0 spiro atoms. The maximum Gasteiger partial charge on any atom is 0.189 e. The molecule has 0 aliphatic carbocycles. The number of hydrogen-bond acceptors (Lipinski definition) is 2. The molecule has 0 aromatic carbocycles. The van der Waals surface area contributed by atoms with Gasteiger partial charge in [0.15, 0.2) is 5.96 Å². The number of aliphatic imine (C=N–C) groups is 1. The lowest BCUT2D eigenvalue weighted by Crippen LogP contribution is -2.38. The molecule has 1 atom stereocenters. The zero-order valence-corrected chi connectivity index (χ0v) is 16.9. The molecular weight excluding hydrogens is 389 g/mol. The molecule has 1 aromatic heterocycles. The summed E-state index contributed by atoms with van der Waals surface area (Å²) < 4.78 is 1.84. The molecule has 0 aliphatic heterocycles. The maximum atomic E-state index is 5.96. The van der Waals surface area contributed by atoms with Crippen LogP contribution in [0.1, 0.15) is 58.2 Å². The van der Waals surface area contributed by atoms with Crippen molar-refractivity contribution in [2.75, 3.05) is 0 Å². The van der Waals surface area contributed by atoms with Crippen LogP contribution in [0.15, 0.2) is 11.2 Å². The van der Waals surface area contributed by atoms with Crippen molar-refractivity contribution in [1.82, 2.24) is 15.1 Å². The molecule has 1 heterocycles. The van der Waals surface area contributed by atoms with Crippen molar-refractivity contribution in [1.29, 1.82) is 0 Å². The Hall–Kier alpha value is -0.790. The van der Waals surface area contributed by atoms with Gasteiger partial charge in [0.25, 0.3) is 0 Å². The Morgan fingerprint density at radius 1 is 1.36 bits per heavy atom. The van der Waals surface area contributed by atoms with Crippen LogP contribution in [0.2, 0.25) is 0 Å². The molecular formula is C16H32IN5. The zero-order valence-electron chi connectivity index (χ0n) is 14.6. The van der Waals surface area contributed by atoms with Gasteiger partial charge < -0.3 is 11.1 Å². The van der Waals surface area contributed by atoms with Crippen LogP contribution in [0.4, 0.5) is 0 Å². The lowest BCUT2D eigenvalue weighted by atomic mass is 10.0. The highest BCUT2D eigenvalue weighted by Crippen LogP contribution is 2.09. The Kier molecular flexibility index (Phi) is 10.5. The van der Waals surface area contributed by atoms with Crippen molar-refractivity contribution in [2.45, 2.75) is 66.0 Å². The van der Waals surface area contributed by atoms with E-state index in [1.54, 1.807) is 0 Å². The van der Waals surface area contributed by atoms with Gasteiger partial charge in [0.1, 0.15) is 0 Å². The maximum absolute atomic E-state index is 5.96. The molecule has 0 radical (unpaired) electrons. The molecule has 0 fully saturated rings. The van der Waals surface area contributed by atoms with Gasteiger partial charge in [0.05, 0.1) is 12.2 Å². The van der Waals surface area contributed by atoms with E-state index in [0.29, 0.717) is 18.5 Å². The number of nitrogens with two attached hydrogens (primary N) is 1. The molecule has 6 heteroatoms. The Morgan fingerprint density at radius 2 is 2.05 bits per heavy atom. The van der Waals surface area contributed by atoms with Gasteiger partial charge in [-0.3, -0.25) is 4.68 Å². The number of nitrogens with one attached hydrogen (secondary N) is 1. The fourth-order valence-corrected chi connectivity index (χ4v) is 2.39. The fraction of sp³-hybridized carbons (Fsp3) is 0.750. The predicted molar refractivity (Wildman–Crippen MR) is 105 cm³/mol. The zero-order chi connectivity index (χ0) is 15.8. The quantitative estimate of drug-likeness (QED) is 0.385. The van der Waals surface area contributed by atoms with E-state index in [4.69, 9.17) is 5.73 Å². The summed E-state index contributed by atoms with van der Waals surface area (Å²) in [6, 6.07) is 0.368. The molecule has 0 saturated carbocycles. The molecule has 1 unspecified atom stereocenters. The third kappa shape index (κ3) is 8.00. The number of halogens is 1. The Morgan fingerprint density at radius 3 is 2.64 bits per heavy atom. The first-order valence-electron chi connectivity index (χ1n) is 8.00.